The molecule has 20 heavy (non-hydrogen) atoms. The lowest BCUT2D eigenvalue weighted by atomic mass is 10.0. The zero-order valence-electron chi connectivity index (χ0n) is 11.6. The zero-order valence-corrected chi connectivity index (χ0v) is 11.6. The summed E-state index contributed by atoms with van der Waals surface area (Å²) in [6, 6.07) is 2.23. The Morgan fingerprint density at radius 3 is 2.25 bits per heavy atom. The lowest BCUT2D eigenvalue weighted by Crippen LogP contribution is -2.16. The quantitative estimate of drug-likeness (QED) is 0.840. The molecule has 0 saturated carbocycles. The van der Waals surface area contributed by atoms with Crippen LogP contribution in [0.5, 0.6) is 11.5 Å². The van der Waals surface area contributed by atoms with Gasteiger partial charge in [-0.3, -0.25) is 0 Å². The molecule has 0 bridgehead atoms. The zero-order chi connectivity index (χ0) is 15.5. The van der Waals surface area contributed by atoms with E-state index >= 15 is 0 Å². The van der Waals surface area contributed by atoms with Crippen molar-refractivity contribution in [2.75, 3.05) is 21.3 Å². The van der Waals surface area contributed by atoms with Gasteiger partial charge in [0.1, 0.15) is 0 Å². The largest absolute Gasteiger partial charge is 0.493 e. The van der Waals surface area contributed by atoms with Crippen LogP contribution in [0.3, 0.4) is 0 Å². The number of methoxy groups -OCH3 is 3. The molecule has 0 aromatic heterocycles. The molecular weight excluding hydrogens is 274 g/mol. The maximum Gasteiger partial charge on any atom is 0.339 e. The van der Waals surface area contributed by atoms with Gasteiger partial charge in [0, 0.05) is 6.92 Å². The van der Waals surface area contributed by atoms with Crippen LogP contribution in [0.15, 0.2) is 12.1 Å². The predicted molar refractivity (Wildman–Crippen MR) is 66.1 cm³/mol. The molecule has 5 nitrogen and oxygen atoms in total. The van der Waals surface area contributed by atoms with Gasteiger partial charge in [0.15, 0.2) is 17.6 Å². The molecule has 0 saturated heterocycles. The first kappa shape index (κ1) is 16.2. The normalized spacial score (nSPS) is 12.8. The predicted octanol–water partition coefficient (Wildman–Crippen LogP) is 2.02. The van der Waals surface area contributed by atoms with Crippen LogP contribution in [0.25, 0.3) is 0 Å². The monoisotopic (exact) mass is 290 g/mol. The smallest absolute Gasteiger partial charge is 0.339 e. The van der Waals surface area contributed by atoms with E-state index in [0.717, 1.165) is 13.2 Å². The highest BCUT2D eigenvalue weighted by molar-refractivity contribution is 5.76. The third-order valence-corrected chi connectivity index (χ3v) is 2.71. The fraction of sp³-hybridized carbons (Fsp3) is 0.462. The van der Waals surface area contributed by atoms with E-state index in [2.05, 4.69) is 4.74 Å². The van der Waals surface area contributed by atoms with Crippen LogP contribution in [0.4, 0.5) is 8.78 Å². The van der Waals surface area contributed by atoms with Gasteiger partial charge in [-0.05, 0) is 17.7 Å². The summed E-state index contributed by atoms with van der Waals surface area (Å²) in [7, 11) is 3.58. The molecule has 1 rings (SSSR count). The van der Waals surface area contributed by atoms with Crippen molar-refractivity contribution >= 4 is 5.97 Å². The third-order valence-electron chi connectivity index (χ3n) is 2.71. The number of carbonyl (C=O) groups excluding carboxylic acids is 1. The van der Waals surface area contributed by atoms with E-state index in [-0.39, 0.29) is 17.1 Å². The van der Waals surface area contributed by atoms with Gasteiger partial charge in [0.25, 0.3) is 5.92 Å². The Labute approximate surface area is 115 Å². The van der Waals surface area contributed by atoms with Crippen LogP contribution in [0, 0.1) is 0 Å². The van der Waals surface area contributed by atoms with Crippen LogP contribution in [0.1, 0.15) is 24.2 Å². The molecule has 0 radical (unpaired) electrons. The van der Waals surface area contributed by atoms with E-state index < -0.39 is 23.6 Å². The molecular formula is C13H16F2O5. The van der Waals surface area contributed by atoms with E-state index in [1.165, 1.54) is 20.3 Å². The fourth-order valence-corrected chi connectivity index (χ4v) is 1.72. The Balaban J connectivity index is 3.47. The average molecular weight is 290 g/mol. The van der Waals surface area contributed by atoms with E-state index in [1.807, 2.05) is 0 Å². The highest BCUT2D eigenvalue weighted by Gasteiger charge is 2.33. The molecule has 1 unspecified atom stereocenters. The molecule has 7 heteroatoms. The van der Waals surface area contributed by atoms with Crippen LogP contribution in [-0.2, 0) is 15.5 Å². The molecule has 1 N–H and O–H groups in total. The third kappa shape index (κ3) is 3.16. The highest BCUT2D eigenvalue weighted by Crippen LogP contribution is 2.42. The standard InChI is InChI=1S/C13H16F2O5/c1-13(14,15)8-5-7(10(16)12(17)20-4)6-9(18-2)11(8)19-3/h5-6,10,16H,1-4H3. The maximum absolute atomic E-state index is 13.6. The number of halogens is 2. The van der Waals surface area contributed by atoms with Crippen molar-refractivity contribution in [1.82, 2.24) is 0 Å². The van der Waals surface area contributed by atoms with Crippen LogP contribution in [0.2, 0.25) is 0 Å². The number of hydrogen-bond donors (Lipinski definition) is 1. The van der Waals surface area contributed by atoms with Gasteiger partial charge in [-0.1, -0.05) is 0 Å². The molecule has 1 aromatic rings. The summed E-state index contributed by atoms with van der Waals surface area (Å²) in [6.07, 6.45) is -1.68. The topological polar surface area (TPSA) is 65.0 Å². The SMILES string of the molecule is COC(=O)C(O)c1cc(OC)c(OC)c(C(C)(F)F)c1. The minimum atomic E-state index is -3.23. The average Bonchev–Trinajstić information content (AvgIpc) is 2.42. The van der Waals surface area contributed by atoms with Crippen molar-refractivity contribution < 1.29 is 32.9 Å². The number of rotatable bonds is 5. The van der Waals surface area contributed by atoms with Gasteiger partial charge in [-0.2, -0.15) is 0 Å². The second kappa shape index (κ2) is 6.04. The number of hydrogen-bond acceptors (Lipinski definition) is 5. The number of benzene rings is 1. The minimum Gasteiger partial charge on any atom is -0.493 e. The molecule has 1 atom stereocenters. The van der Waals surface area contributed by atoms with Crippen LogP contribution < -0.4 is 9.47 Å². The van der Waals surface area contributed by atoms with E-state index in [9.17, 15) is 18.7 Å². The first-order chi connectivity index (χ1) is 9.26. The molecule has 0 amide bonds. The van der Waals surface area contributed by atoms with Gasteiger partial charge in [0.05, 0.1) is 26.9 Å². The Morgan fingerprint density at radius 1 is 1.25 bits per heavy atom. The lowest BCUT2D eigenvalue weighted by Gasteiger charge is -2.20. The minimum absolute atomic E-state index is 0.00974. The number of alkyl halides is 2. The fourth-order valence-electron chi connectivity index (χ4n) is 1.72. The van der Waals surface area contributed by atoms with Crippen molar-refractivity contribution in [1.29, 1.82) is 0 Å². The second-order valence-corrected chi connectivity index (χ2v) is 4.12. The first-order valence-corrected chi connectivity index (χ1v) is 5.66. The van der Waals surface area contributed by atoms with Crippen molar-refractivity contribution in [3.8, 4) is 11.5 Å². The Hall–Kier alpha value is -1.89. The van der Waals surface area contributed by atoms with Crippen molar-refractivity contribution in [3.63, 3.8) is 0 Å². The Kier molecular flexibility index (Phi) is 4.88. The molecule has 0 aliphatic heterocycles. The van der Waals surface area contributed by atoms with Crippen LogP contribution in [-0.4, -0.2) is 32.4 Å². The summed E-state index contributed by atoms with van der Waals surface area (Å²) < 4.78 is 41.5. The summed E-state index contributed by atoms with van der Waals surface area (Å²) in [5.74, 6) is -4.35. The van der Waals surface area contributed by atoms with E-state index in [0.29, 0.717) is 6.92 Å². The Morgan fingerprint density at radius 2 is 1.85 bits per heavy atom. The number of carbonyl (C=O) groups is 1. The Bertz CT molecular complexity index is 496. The molecule has 112 valence electrons. The van der Waals surface area contributed by atoms with Crippen molar-refractivity contribution in [2.24, 2.45) is 0 Å². The maximum atomic E-state index is 13.6. The summed E-state index contributed by atoms with van der Waals surface area (Å²) in [4.78, 5) is 11.3. The van der Waals surface area contributed by atoms with Crippen molar-refractivity contribution in [2.45, 2.75) is 19.0 Å². The summed E-state index contributed by atoms with van der Waals surface area (Å²) in [6.45, 7) is 0.679. The molecule has 0 heterocycles. The number of esters is 1. The number of aliphatic hydroxyl groups excluding tert-OH is 1. The molecule has 0 spiro atoms. The van der Waals surface area contributed by atoms with E-state index in [1.54, 1.807) is 0 Å². The summed E-state index contributed by atoms with van der Waals surface area (Å²) >= 11 is 0. The van der Waals surface area contributed by atoms with Gasteiger partial charge in [0.2, 0.25) is 0 Å². The van der Waals surface area contributed by atoms with Crippen LogP contribution >= 0.6 is 0 Å². The van der Waals surface area contributed by atoms with E-state index in [4.69, 9.17) is 9.47 Å². The summed E-state index contributed by atoms with van der Waals surface area (Å²) in [5.41, 5.74) is -0.552. The first-order valence-electron chi connectivity index (χ1n) is 5.66. The van der Waals surface area contributed by atoms with Gasteiger partial charge >= 0.3 is 5.97 Å². The van der Waals surface area contributed by atoms with Gasteiger partial charge < -0.3 is 19.3 Å². The molecule has 0 aliphatic rings. The molecule has 0 aliphatic carbocycles. The lowest BCUT2D eigenvalue weighted by molar-refractivity contribution is -0.150. The second-order valence-electron chi connectivity index (χ2n) is 4.12. The van der Waals surface area contributed by atoms with Gasteiger partial charge in [-0.15, -0.1) is 0 Å². The number of ether oxygens (including phenoxy) is 3. The summed E-state index contributed by atoms with van der Waals surface area (Å²) in [5, 5.41) is 9.75. The van der Waals surface area contributed by atoms with Crippen molar-refractivity contribution in [3.05, 3.63) is 23.3 Å². The number of aliphatic hydroxyl groups is 1. The van der Waals surface area contributed by atoms with Gasteiger partial charge in [-0.25, -0.2) is 13.6 Å². The highest BCUT2D eigenvalue weighted by atomic mass is 19.3. The molecule has 1 aromatic carbocycles. The molecule has 0 fully saturated rings.